The molecule has 3 aromatic rings. The summed E-state index contributed by atoms with van der Waals surface area (Å²) < 4.78 is 13.7. The topological polar surface area (TPSA) is 206 Å². The Bertz CT molecular complexity index is 1540. The van der Waals surface area contributed by atoms with E-state index in [0.29, 0.717) is 11.1 Å². The minimum atomic E-state index is -1.27. The summed E-state index contributed by atoms with van der Waals surface area (Å²) in [6.07, 6.45) is 0.234. The Morgan fingerprint density at radius 2 is 1.08 bits per heavy atom. The third-order valence-corrected chi connectivity index (χ3v) is 7.48. The second kappa shape index (κ2) is 18.1. The molecule has 0 aliphatic rings. The lowest BCUT2D eigenvalue weighted by atomic mass is 9.99. The van der Waals surface area contributed by atoms with Crippen LogP contribution in [0.2, 0.25) is 0 Å². The van der Waals surface area contributed by atoms with E-state index in [4.69, 9.17) is 11.5 Å². The Hall–Kier alpha value is -5.30. The predicted octanol–water partition coefficient (Wildman–Crippen LogP) is 0.989. The molecule has 0 aliphatic carbocycles. The Morgan fingerprint density at radius 3 is 1.56 bits per heavy atom. The smallest absolute Gasteiger partial charge is 0.243 e. The number of carbonyl (C=O) groups is 5. The SMILES string of the molecule is CC(C)CC(NC(=O)CN)C(=O)NC(Cc1ccc(F)cc1)C(=O)NC(Cc1ccc(O)cc1)C(=O)NC(Cc1ccccc1)C(N)=O. The summed E-state index contributed by atoms with van der Waals surface area (Å²) in [6.45, 7) is 3.38. The van der Waals surface area contributed by atoms with Crippen molar-refractivity contribution in [2.45, 2.75) is 63.7 Å². The maximum atomic E-state index is 13.9. The Morgan fingerprint density at radius 1 is 0.646 bits per heavy atom. The first-order valence-corrected chi connectivity index (χ1v) is 15.6. The van der Waals surface area contributed by atoms with Crippen LogP contribution in [0.25, 0.3) is 0 Å². The van der Waals surface area contributed by atoms with Gasteiger partial charge in [0.05, 0.1) is 6.54 Å². The molecule has 9 N–H and O–H groups in total. The van der Waals surface area contributed by atoms with Crippen LogP contribution in [-0.4, -0.2) is 65.4 Å². The van der Waals surface area contributed by atoms with Crippen molar-refractivity contribution in [2.24, 2.45) is 17.4 Å². The molecular weight excluding hydrogens is 619 g/mol. The van der Waals surface area contributed by atoms with E-state index in [1.54, 1.807) is 36.4 Å². The van der Waals surface area contributed by atoms with Crippen LogP contribution in [0.15, 0.2) is 78.9 Å². The second-order valence-electron chi connectivity index (χ2n) is 11.9. The quantitative estimate of drug-likeness (QED) is 0.112. The summed E-state index contributed by atoms with van der Waals surface area (Å²) >= 11 is 0. The molecule has 12 nitrogen and oxygen atoms in total. The van der Waals surface area contributed by atoms with Gasteiger partial charge >= 0.3 is 0 Å². The Balaban J connectivity index is 1.91. The molecule has 48 heavy (non-hydrogen) atoms. The average molecular weight is 663 g/mol. The van der Waals surface area contributed by atoms with Crippen molar-refractivity contribution in [2.75, 3.05) is 6.54 Å². The van der Waals surface area contributed by atoms with Crippen LogP contribution in [0.1, 0.15) is 37.0 Å². The van der Waals surface area contributed by atoms with E-state index in [-0.39, 0.29) is 43.9 Å². The van der Waals surface area contributed by atoms with Gasteiger partial charge in [-0.2, -0.15) is 0 Å². The van der Waals surface area contributed by atoms with Crippen LogP contribution in [-0.2, 0) is 43.2 Å². The highest BCUT2D eigenvalue weighted by Crippen LogP contribution is 2.14. The van der Waals surface area contributed by atoms with Crippen LogP contribution in [0.5, 0.6) is 5.75 Å². The van der Waals surface area contributed by atoms with Crippen LogP contribution in [0.3, 0.4) is 0 Å². The zero-order valence-electron chi connectivity index (χ0n) is 26.9. The Labute approximate surface area is 278 Å². The van der Waals surface area contributed by atoms with Gasteiger partial charge in [-0.15, -0.1) is 0 Å². The van der Waals surface area contributed by atoms with Gasteiger partial charge in [-0.3, -0.25) is 24.0 Å². The number of hydrogen-bond acceptors (Lipinski definition) is 7. The molecule has 0 heterocycles. The molecule has 0 radical (unpaired) electrons. The number of carbonyl (C=O) groups excluding carboxylic acids is 5. The minimum absolute atomic E-state index is 0.000179. The fourth-order valence-corrected chi connectivity index (χ4v) is 4.99. The number of halogens is 1. The van der Waals surface area contributed by atoms with Crippen LogP contribution >= 0.6 is 0 Å². The number of benzene rings is 3. The number of rotatable bonds is 17. The van der Waals surface area contributed by atoms with Gasteiger partial charge in [0.1, 0.15) is 35.7 Å². The fourth-order valence-electron chi connectivity index (χ4n) is 4.99. The molecule has 0 spiro atoms. The van der Waals surface area contributed by atoms with E-state index in [2.05, 4.69) is 21.3 Å². The summed E-state index contributed by atoms with van der Waals surface area (Å²) in [5, 5.41) is 20.3. The Kier molecular flexibility index (Phi) is 14.0. The van der Waals surface area contributed by atoms with Crippen molar-refractivity contribution in [1.29, 1.82) is 0 Å². The maximum absolute atomic E-state index is 13.9. The van der Waals surface area contributed by atoms with E-state index in [0.717, 1.165) is 5.56 Å². The number of hydrogen-bond donors (Lipinski definition) is 7. The molecule has 3 aromatic carbocycles. The molecule has 5 amide bonds. The number of aromatic hydroxyl groups is 1. The molecule has 0 bridgehead atoms. The van der Waals surface area contributed by atoms with Gasteiger partial charge in [-0.1, -0.05) is 68.4 Å². The summed E-state index contributed by atoms with van der Waals surface area (Å²) in [5.74, 6) is -3.94. The number of nitrogens with one attached hydrogen (secondary N) is 4. The minimum Gasteiger partial charge on any atom is -0.508 e. The van der Waals surface area contributed by atoms with Gasteiger partial charge in [0, 0.05) is 19.3 Å². The van der Waals surface area contributed by atoms with Crippen molar-refractivity contribution in [1.82, 2.24) is 21.3 Å². The standard InChI is InChI=1S/C35H43FN6O6/c1-21(2)16-28(39-31(44)20-37)33(46)41-30(18-23-8-12-25(36)13-9-23)35(48)42-29(19-24-10-14-26(43)15-11-24)34(47)40-27(32(38)45)17-22-6-4-3-5-7-22/h3-15,21,27-30,43H,16-20,37H2,1-2H3,(H2,38,45)(H,39,44)(H,40,47)(H,41,46)(H,42,48). The number of amides is 5. The zero-order valence-corrected chi connectivity index (χ0v) is 26.9. The van der Waals surface area contributed by atoms with Gasteiger partial charge < -0.3 is 37.8 Å². The summed E-state index contributed by atoms with van der Waals surface area (Å²) in [6, 6.07) is 15.7. The van der Waals surface area contributed by atoms with Crippen LogP contribution in [0.4, 0.5) is 4.39 Å². The highest BCUT2D eigenvalue weighted by molar-refractivity contribution is 5.95. The lowest BCUT2D eigenvalue weighted by Gasteiger charge is -2.27. The number of nitrogens with two attached hydrogens (primary N) is 2. The van der Waals surface area contributed by atoms with E-state index >= 15 is 0 Å². The highest BCUT2D eigenvalue weighted by Gasteiger charge is 2.31. The summed E-state index contributed by atoms with van der Waals surface area (Å²) in [4.78, 5) is 65.5. The van der Waals surface area contributed by atoms with Gasteiger partial charge in [-0.25, -0.2) is 4.39 Å². The molecule has 4 atom stereocenters. The molecule has 0 aliphatic heterocycles. The third-order valence-electron chi connectivity index (χ3n) is 7.48. The summed E-state index contributed by atoms with van der Waals surface area (Å²) in [7, 11) is 0. The van der Waals surface area contributed by atoms with E-state index in [1.807, 2.05) is 19.9 Å². The molecule has 0 fully saturated rings. The van der Waals surface area contributed by atoms with Crippen molar-refractivity contribution in [3.05, 3.63) is 101 Å². The fraction of sp³-hybridized carbons (Fsp3) is 0.343. The molecule has 13 heteroatoms. The zero-order chi connectivity index (χ0) is 35.2. The largest absolute Gasteiger partial charge is 0.508 e. The lowest BCUT2D eigenvalue weighted by molar-refractivity contribution is -0.134. The van der Waals surface area contributed by atoms with E-state index in [1.165, 1.54) is 36.4 Å². The maximum Gasteiger partial charge on any atom is 0.243 e. The average Bonchev–Trinajstić information content (AvgIpc) is 3.05. The monoisotopic (exact) mass is 662 g/mol. The van der Waals surface area contributed by atoms with Crippen molar-refractivity contribution >= 4 is 29.5 Å². The van der Waals surface area contributed by atoms with Gasteiger partial charge in [0.25, 0.3) is 0 Å². The van der Waals surface area contributed by atoms with Gasteiger partial charge in [-0.05, 0) is 53.3 Å². The molecular formula is C35H43FN6O6. The first-order valence-electron chi connectivity index (χ1n) is 15.6. The van der Waals surface area contributed by atoms with Crippen LogP contribution < -0.4 is 32.7 Å². The molecule has 256 valence electrons. The number of primary amides is 1. The first kappa shape index (κ1) is 37.2. The van der Waals surface area contributed by atoms with Gasteiger partial charge in [0.2, 0.25) is 29.5 Å². The number of phenolic OH excluding ortho intramolecular Hbond substituents is 1. The number of phenols is 1. The van der Waals surface area contributed by atoms with Crippen molar-refractivity contribution in [3.8, 4) is 5.75 Å². The summed E-state index contributed by atoms with van der Waals surface area (Å²) in [5.41, 5.74) is 12.9. The molecule has 4 unspecified atom stereocenters. The van der Waals surface area contributed by atoms with Crippen molar-refractivity contribution < 1.29 is 33.5 Å². The predicted molar refractivity (Wildman–Crippen MR) is 177 cm³/mol. The first-order chi connectivity index (χ1) is 22.8. The van der Waals surface area contributed by atoms with Gasteiger partial charge in [0.15, 0.2) is 0 Å². The lowest BCUT2D eigenvalue weighted by Crippen LogP contribution is -2.59. The van der Waals surface area contributed by atoms with Crippen molar-refractivity contribution in [3.63, 3.8) is 0 Å². The highest BCUT2D eigenvalue weighted by atomic mass is 19.1. The molecule has 0 aromatic heterocycles. The third kappa shape index (κ3) is 12.1. The second-order valence-corrected chi connectivity index (χ2v) is 11.9. The van der Waals surface area contributed by atoms with E-state index < -0.39 is 59.5 Å². The van der Waals surface area contributed by atoms with Crippen LogP contribution in [0, 0.1) is 11.7 Å². The molecule has 0 saturated carbocycles. The normalized spacial score (nSPS) is 13.4. The van der Waals surface area contributed by atoms with E-state index in [9.17, 15) is 33.5 Å². The molecule has 0 saturated heterocycles. The molecule has 3 rings (SSSR count).